The SMILES string of the molecule is Nc1ncnc2c1ncn2CCCC1C(CO)C1(F)F. The molecule has 3 N–H and O–H groups in total. The van der Waals surface area contributed by atoms with Crippen molar-refractivity contribution >= 4 is 17.0 Å². The molecule has 0 spiro atoms. The Bertz CT molecular complexity index is 629. The number of aliphatic hydroxyl groups excluding tert-OH is 1. The Hall–Kier alpha value is -1.83. The Morgan fingerprint density at radius 3 is 2.80 bits per heavy atom. The van der Waals surface area contributed by atoms with Gasteiger partial charge in [-0.15, -0.1) is 0 Å². The normalized spacial score (nSPS) is 24.1. The molecular weight excluding hydrogens is 268 g/mol. The van der Waals surface area contributed by atoms with E-state index in [0.29, 0.717) is 36.4 Å². The number of aromatic nitrogens is 4. The zero-order valence-electron chi connectivity index (χ0n) is 10.7. The van der Waals surface area contributed by atoms with Crippen LogP contribution in [0.2, 0.25) is 0 Å². The van der Waals surface area contributed by atoms with Gasteiger partial charge in [0.05, 0.1) is 18.9 Å². The van der Waals surface area contributed by atoms with Gasteiger partial charge in [0.2, 0.25) is 0 Å². The largest absolute Gasteiger partial charge is 0.396 e. The van der Waals surface area contributed by atoms with Gasteiger partial charge in [0, 0.05) is 12.5 Å². The number of nitrogens with two attached hydrogens (primary N) is 1. The molecule has 1 aliphatic rings. The maximum absolute atomic E-state index is 13.2. The van der Waals surface area contributed by atoms with Crippen LogP contribution in [0.15, 0.2) is 12.7 Å². The third-order valence-corrected chi connectivity index (χ3v) is 3.91. The van der Waals surface area contributed by atoms with Gasteiger partial charge in [0.25, 0.3) is 5.92 Å². The molecule has 6 nitrogen and oxygen atoms in total. The van der Waals surface area contributed by atoms with Crippen LogP contribution in [0.3, 0.4) is 0 Å². The number of rotatable bonds is 5. The third-order valence-electron chi connectivity index (χ3n) is 3.91. The molecule has 0 saturated heterocycles. The fraction of sp³-hybridized carbons (Fsp3) is 0.583. The molecule has 2 heterocycles. The molecule has 2 aromatic rings. The summed E-state index contributed by atoms with van der Waals surface area (Å²) in [7, 11) is 0. The minimum Gasteiger partial charge on any atom is -0.396 e. The molecule has 1 fully saturated rings. The van der Waals surface area contributed by atoms with Crippen molar-refractivity contribution in [2.75, 3.05) is 12.3 Å². The molecule has 1 aliphatic carbocycles. The van der Waals surface area contributed by atoms with Gasteiger partial charge < -0.3 is 15.4 Å². The van der Waals surface area contributed by atoms with E-state index >= 15 is 0 Å². The predicted molar refractivity (Wildman–Crippen MR) is 68.0 cm³/mol. The Balaban J connectivity index is 1.63. The number of fused-ring (bicyclic) bond motifs is 1. The van der Waals surface area contributed by atoms with Crippen molar-refractivity contribution in [3.8, 4) is 0 Å². The molecule has 2 atom stereocenters. The number of alkyl halides is 2. The number of anilines is 1. The number of imidazole rings is 1. The number of aryl methyl sites for hydroxylation is 1. The molecule has 0 radical (unpaired) electrons. The van der Waals surface area contributed by atoms with Crippen molar-refractivity contribution in [1.82, 2.24) is 19.5 Å². The second-order valence-electron chi connectivity index (χ2n) is 5.08. The Kier molecular flexibility index (Phi) is 3.04. The van der Waals surface area contributed by atoms with Crippen LogP contribution >= 0.6 is 0 Å². The summed E-state index contributed by atoms with van der Waals surface area (Å²) < 4.78 is 28.2. The highest BCUT2D eigenvalue weighted by Gasteiger charge is 2.66. The highest BCUT2D eigenvalue weighted by molar-refractivity contribution is 5.80. The average molecular weight is 283 g/mol. The van der Waals surface area contributed by atoms with E-state index in [4.69, 9.17) is 10.8 Å². The summed E-state index contributed by atoms with van der Waals surface area (Å²) in [6.07, 6.45) is 3.89. The molecule has 3 rings (SSSR count). The molecule has 20 heavy (non-hydrogen) atoms. The van der Waals surface area contributed by atoms with E-state index < -0.39 is 24.4 Å². The van der Waals surface area contributed by atoms with E-state index in [0.717, 1.165) is 0 Å². The Labute approximate surface area is 113 Å². The van der Waals surface area contributed by atoms with Crippen molar-refractivity contribution in [2.45, 2.75) is 25.3 Å². The van der Waals surface area contributed by atoms with Crippen molar-refractivity contribution in [3.05, 3.63) is 12.7 Å². The minimum atomic E-state index is -2.71. The lowest BCUT2D eigenvalue weighted by Gasteiger charge is -2.03. The first kappa shape index (κ1) is 13.2. The predicted octanol–water partition coefficient (Wildman–Crippen LogP) is 1.06. The van der Waals surface area contributed by atoms with Gasteiger partial charge in [-0.05, 0) is 12.8 Å². The molecule has 1 saturated carbocycles. The van der Waals surface area contributed by atoms with Gasteiger partial charge in [-0.3, -0.25) is 0 Å². The standard InChI is InChI=1S/C12H15F2N5O/c13-12(14)7(8(12)4-20)2-1-3-19-6-18-9-10(15)16-5-17-11(9)19/h5-8,20H,1-4H2,(H2,15,16,17). The van der Waals surface area contributed by atoms with E-state index in [1.54, 1.807) is 10.9 Å². The van der Waals surface area contributed by atoms with Gasteiger partial charge in [-0.2, -0.15) is 0 Å². The van der Waals surface area contributed by atoms with E-state index in [9.17, 15) is 8.78 Å². The Morgan fingerprint density at radius 2 is 2.10 bits per heavy atom. The van der Waals surface area contributed by atoms with Crippen LogP contribution < -0.4 is 5.73 Å². The second kappa shape index (κ2) is 4.62. The molecule has 0 aromatic carbocycles. The summed E-state index contributed by atoms with van der Waals surface area (Å²) >= 11 is 0. The third kappa shape index (κ3) is 2.00. The molecule has 8 heteroatoms. The smallest absolute Gasteiger partial charge is 0.256 e. The summed E-state index contributed by atoms with van der Waals surface area (Å²) in [5.41, 5.74) is 6.81. The fourth-order valence-electron chi connectivity index (χ4n) is 2.65. The lowest BCUT2D eigenvalue weighted by Crippen LogP contribution is -2.01. The van der Waals surface area contributed by atoms with Crippen molar-refractivity contribution in [3.63, 3.8) is 0 Å². The Morgan fingerprint density at radius 1 is 1.30 bits per heavy atom. The van der Waals surface area contributed by atoms with Crippen molar-refractivity contribution < 1.29 is 13.9 Å². The monoisotopic (exact) mass is 283 g/mol. The molecule has 108 valence electrons. The lowest BCUT2D eigenvalue weighted by molar-refractivity contribution is 0.0709. The summed E-state index contributed by atoms with van der Waals surface area (Å²) in [4.78, 5) is 12.1. The van der Waals surface area contributed by atoms with Crippen molar-refractivity contribution in [1.29, 1.82) is 0 Å². The number of hydrogen-bond donors (Lipinski definition) is 2. The first-order valence-electron chi connectivity index (χ1n) is 6.45. The molecule has 2 unspecified atom stereocenters. The number of aliphatic hydroxyl groups is 1. The zero-order valence-corrected chi connectivity index (χ0v) is 10.7. The first-order valence-corrected chi connectivity index (χ1v) is 6.45. The number of nitrogens with zero attached hydrogens (tertiary/aromatic N) is 4. The molecule has 2 aromatic heterocycles. The zero-order chi connectivity index (χ0) is 14.3. The topological polar surface area (TPSA) is 89.9 Å². The van der Waals surface area contributed by atoms with Gasteiger partial charge in [-0.1, -0.05) is 0 Å². The van der Waals surface area contributed by atoms with Crippen LogP contribution in [-0.4, -0.2) is 37.2 Å². The average Bonchev–Trinajstić information content (AvgIpc) is 2.76. The second-order valence-corrected chi connectivity index (χ2v) is 5.08. The van der Waals surface area contributed by atoms with Crippen LogP contribution in [0.1, 0.15) is 12.8 Å². The number of nitrogen functional groups attached to an aromatic ring is 1. The van der Waals surface area contributed by atoms with Gasteiger partial charge in [0.1, 0.15) is 11.8 Å². The highest BCUT2D eigenvalue weighted by atomic mass is 19.3. The van der Waals surface area contributed by atoms with Crippen LogP contribution in [0.4, 0.5) is 14.6 Å². The minimum absolute atomic E-state index is 0.308. The summed E-state index contributed by atoms with van der Waals surface area (Å²) in [6.45, 7) is 0.0904. The van der Waals surface area contributed by atoms with E-state index in [1.165, 1.54) is 6.33 Å². The van der Waals surface area contributed by atoms with Gasteiger partial charge in [-0.25, -0.2) is 23.7 Å². The maximum Gasteiger partial charge on any atom is 0.256 e. The summed E-state index contributed by atoms with van der Waals surface area (Å²) in [6, 6.07) is 0. The van der Waals surface area contributed by atoms with Crippen molar-refractivity contribution in [2.24, 2.45) is 11.8 Å². The van der Waals surface area contributed by atoms with E-state index in [1.807, 2.05) is 0 Å². The molecule has 0 aliphatic heterocycles. The summed E-state index contributed by atoms with van der Waals surface area (Å²) in [5.74, 6) is -3.98. The van der Waals surface area contributed by atoms with Crippen LogP contribution in [0.25, 0.3) is 11.2 Å². The number of hydrogen-bond acceptors (Lipinski definition) is 5. The first-order chi connectivity index (χ1) is 9.55. The fourth-order valence-corrected chi connectivity index (χ4v) is 2.65. The molecule has 0 amide bonds. The lowest BCUT2D eigenvalue weighted by atomic mass is 10.2. The van der Waals surface area contributed by atoms with Gasteiger partial charge >= 0.3 is 0 Å². The van der Waals surface area contributed by atoms with Crippen LogP contribution in [0.5, 0.6) is 0 Å². The van der Waals surface area contributed by atoms with Crippen LogP contribution in [-0.2, 0) is 6.54 Å². The highest BCUT2D eigenvalue weighted by Crippen LogP contribution is 2.57. The molecular formula is C12H15F2N5O. The molecule has 0 bridgehead atoms. The van der Waals surface area contributed by atoms with Gasteiger partial charge in [0.15, 0.2) is 11.5 Å². The summed E-state index contributed by atoms with van der Waals surface area (Å²) in [5, 5.41) is 8.84. The number of halogens is 2. The van der Waals surface area contributed by atoms with Crippen LogP contribution in [0, 0.1) is 11.8 Å². The van der Waals surface area contributed by atoms with E-state index in [-0.39, 0.29) is 0 Å². The quantitative estimate of drug-likeness (QED) is 0.856. The van der Waals surface area contributed by atoms with E-state index in [2.05, 4.69) is 15.0 Å². The maximum atomic E-state index is 13.2.